The number of nitriles is 1. The lowest BCUT2D eigenvalue weighted by Crippen LogP contribution is -2.06. The maximum absolute atomic E-state index is 12.3. The van der Waals surface area contributed by atoms with Crippen molar-refractivity contribution in [1.29, 1.82) is 5.26 Å². The van der Waals surface area contributed by atoms with Gasteiger partial charge in [-0.1, -0.05) is 12.1 Å². The number of rotatable bonds is 4. The number of hydrogen-bond acceptors (Lipinski definition) is 4. The molecule has 0 amide bonds. The van der Waals surface area contributed by atoms with E-state index in [1.807, 2.05) is 6.07 Å². The van der Waals surface area contributed by atoms with Gasteiger partial charge in [-0.15, -0.1) is 0 Å². The van der Waals surface area contributed by atoms with Gasteiger partial charge in [0, 0.05) is 0 Å². The zero-order valence-corrected chi connectivity index (χ0v) is 11.7. The summed E-state index contributed by atoms with van der Waals surface area (Å²) in [6, 6.07) is 13.4. The molecule has 0 fully saturated rings. The molecule has 0 aliphatic rings. The van der Waals surface area contributed by atoms with Crippen LogP contribution in [-0.2, 0) is 15.6 Å². The Morgan fingerprint density at radius 1 is 1.14 bits per heavy atom. The van der Waals surface area contributed by atoms with Gasteiger partial charge in [0.05, 0.1) is 27.8 Å². The van der Waals surface area contributed by atoms with E-state index in [1.54, 1.807) is 18.2 Å². The first kappa shape index (κ1) is 14.8. The van der Waals surface area contributed by atoms with Crippen LogP contribution in [0.25, 0.3) is 0 Å². The highest BCUT2D eigenvalue weighted by Gasteiger charge is 2.16. The molecule has 0 saturated carbocycles. The predicted molar refractivity (Wildman–Crippen MR) is 75.4 cm³/mol. The van der Waals surface area contributed by atoms with E-state index in [-0.39, 0.29) is 16.2 Å². The summed E-state index contributed by atoms with van der Waals surface area (Å²) in [6.07, 6.45) is 0. The van der Waals surface area contributed by atoms with Gasteiger partial charge in [0.25, 0.3) is 0 Å². The molecule has 21 heavy (non-hydrogen) atoms. The fraction of sp³-hybridized carbons (Fsp3) is 0.0667. The Bertz CT molecular complexity index is 817. The van der Waals surface area contributed by atoms with Crippen molar-refractivity contribution in [3.63, 3.8) is 0 Å². The molecule has 0 heterocycles. The van der Waals surface area contributed by atoms with E-state index < -0.39 is 15.8 Å². The summed E-state index contributed by atoms with van der Waals surface area (Å²) in [6.45, 7) is 0. The Kier molecular flexibility index (Phi) is 4.05. The van der Waals surface area contributed by atoms with Crippen LogP contribution in [0.3, 0.4) is 0 Å². The van der Waals surface area contributed by atoms with E-state index in [0.29, 0.717) is 11.1 Å². The number of sulfone groups is 1. The van der Waals surface area contributed by atoms with Crippen LogP contribution >= 0.6 is 0 Å². The van der Waals surface area contributed by atoms with Crippen LogP contribution in [0.5, 0.6) is 0 Å². The van der Waals surface area contributed by atoms with Crippen molar-refractivity contribution >= 4 is 15.8 Å². The number of carboxylic acid groups (broad SMARTS) is 1. The van der Waals surface area contributed by atoms with Gasteiger partial charge < -0.3 is 5.11 Å². The minimum Gasteiger partial charge on any atom is -0.478 e. The molecule has 0 aliphatic heterocycles. The van der Waals surface area contributed by atoms with E-state index in [0.717, 1.165) is 0 Å². The number of nitrogens with zero attached hydrogens (tertiary/aromatic N) is 1. The molecule has 0 aromatic heterocycles. The van der Waals surface area contributed by atoms with Crippen LogP contribution in [-0.4, -0.2) is 19.5 Å². The highest BCUT2D eigenvalue weighted by atomic mass is 32.2. The van der Waals surface area contributed by atoms with E-state index in [1.165, 1.54) is 30.3 Å². The summed E-state index contributed by atoms with van der Waals surface area (Å²) in [5, 5.41) is 17.6. The molecular weight excluding hydrogens is 290 g/mol. The zero-order chi connectivity index (χ0) is 15.5. The molecule has 0 aliphatic carbocycles. The average molecular weight is 301 g/mol. The molecule has 2 aromatic carbocycles. The lowest BCUT2D eigenvalue weighted by atomic mass is 10.2. The molecule has 1 N–H and O–H groups in total. The fourth-order valence-electron chi connectivity index (χ4n) is 1.84. The molecule has 0 bridgehead atoms. The molecule has 0 atom stereocenters. The average Bonchev–Trinajstić information content (AvgIpc) is 2.47. The Morgan fingerprint density at radius 2 is 1.81 bits per heavy atom. The van der Waals surface area contributed by atoms with Crippen molar-refractivity contribution in [3.05, 3.63) is 65.2 Å². The largest absolute Gasteiger partial charge is 0.478 e. The van der Waals surface area contributed by atoms with Crippen molar-refractivity contribution in [2.45, 2.75) is 10.6 Å². The van der Waals surface area contributed by atoms with Crippen molar-refractivity contribution < 1.29 is 18.3 Å². The van der Waals surface area contributed by atoms with E-state index in [2.05, 4.69) is 0 Å². The highest BCUT2D eigenvalue weighted by Crippen LogP contribution is 2.18. The van der Waals surface area contributed by atoms with Gasteiger partial charge in [-0.05, 0) is 42.0 Å². The number of carboxylic acids is 1. The molecule has 5 nitrogen and oxygen atoms in total. The normalized spacial score (nSPS) is 10.8. The molecule has 6 heteroatoms. The van der Waals surface area contributed by atoms with Crippen molar-refractivity contribution in [1.82, 2.24) is 0 Å². The Balaban J connectivity index is 2.29. The lowest BCUT2D eigenvalue weighted by Gasteiger charge is -2.05. The summed E-state index contributed by atoms with van der Waals surface area (Å²) < 4.78 is 24.5. The Morgan fingerprint density at radius 3 is 2.38 bits per heavy atom. The minimum absolute atomic E-state index is 0.0282. The third-order valence-electron chi connectivity index (χ3n) is 2.87. The van der Waals surface area contributed by atoms with Gasteiger partial charge >= 0.3 is 5.97 Å². The topological polar surface area (TPSA) is 95.2 Å². The van der Waals surface area contributed by atoms with Crippen LogP contribution in [0.4, 0.5) is 0 Å². The van der Waals surface area contributed by atoms with E-state index in [9.17, 15) is 13.2 Å². The molecule has 0 saturated heterocycles. The first-order valence-corrected chi connectivity index (χ1v) is 7.63. The molecular formula is C15H11NO4S. The van der Waals surface area contributed by atoms with E-state index >= 15 is 0 Å². The third-order valence-corrected chi connectivity index (χ3v) is 4.58. The first-order valence-electron chi connectivity index (χ1n) is 5.97. The molecule has 2 rings (SSSR count). The van der Waals surface area contributed by atoms with Crippen LogP contribution < -0.4 is 0 Å². The van der Waals surface area contributed by atoms with Crippen molar-refractivity contribution in [2.75, 3.05) is 0 Å². The maximum atomic E-state index is 12.3. The molecule has 0 radical (unpaired) electrons. The zero-order valence-electron chi connectivity index (χ0n) is 10.9. The Labute approximate surface area is 122 Å². The van der Waals surface area contributed by atoms with Gasteiger partial charge in [-0.2, -0.15) is 5.26 Å². The highest BCUT2D eigenvalue weighted by molar-refractivity contribution is 7.90. The minimum atomic E-state index is -3.58. The van der Waals surface area contributed by atoms with Gasteiger partial charge in [-0.25, -0.2) is 13.2 Å². The summed E-state index contributed by atoms with van der Waals surface area (Å²) in [5.74, 6) is -1.35. The summed E-state index contributed by atoms with van der Waals surface area (Å²) in [5.41, 5.74) is 0.931. The predicted octanol–water partition coefficient (Wildman–Crippen LogP) is 2.23. The fourth-order valence-corrected chi connectivity index (χ4v) is 3.17. The third kappa shape index (κ3) is 3.46. The molecule has 0 spiro atoms. The smallest absolute Gasteiger partial charge is 0.335 e. The van der Waals surface area contributed by atoms with Crippen LogP contribution in [0.2, 0.25) is 0 Å². The first-order chi connectivity index (χ1) is 9.92. The summed E-state index contributed by atoms with van der Waals surface area (Å²) >= 11 is 0. The van der Waals surface area contributed by atoms with Crippen molar-refractivity contribution in [2.24, 2.45) is 0 Å². The quantitative estimate of drug-likeness (QED) is 0.934. The number of carbonyl (C=O) groups is 1. The molecule has 0 unspecified atom stereocenters. The second-order valence-corrected chi connectivity index (χ2v) is 6.39. The van der Waals surface area contributed by atoms with Gasteiger partial charge in [0.15, 0.2) is 9.84 Å². The SMILES string of the molecule is N#Cc1cccc(CS(=O)(=O)c2ccc(C(=O)O)cc2)c1. The van der Waals surface area contributed by atoms with Crippen LogP contribution in [0.15, 0.2) is 53.4 Å². The van der Waals surface area contributed by atoms with Crippen molar-refractivity contribution in [3.8, 4) is 6.07 Å². The van der Waals surface area contributed by atoms with Crippen LogP contribution in [0, 0.1) is 11.3 Å². The second-order valence-electron chi connectivity index (χ2n) is 4.40. The van der Waals surface area contributed by atoms with Gasteiger partial charge in [0.2, 0.25) is 0 Å². The number of benzene rings is 2. The maximum Gasteiger partial charge on any atom is 0.335 e. The molecule has 106 valence electrons. The summed E-state index contributed by atoms with van der Waals surface area (Å²) in [7, 11) is -3.58. The monoisotopic (exact) mass is 301 g/mol. The van der Waals surface area contributed by atoms with Crippen LogP contribution in [0.1, 0.15) is 21.5 Å². The van der Waals surface area contributed by atoms with Gasteiger partial charge in [-0.3, -0.25) is 0 Å². The standard InChI is InChI=1S/C15H11NO4S/c16-9-11-2-1-3-12(8-11)10-21(19,20)14-6-4-13(5-7-14)15(17)18/h1-8H,10H2,(H,17,18). The van der Waals surface area contributed by atoms with E-state index in [4.69, 9.17) is 10.4 Å². The Hall–Kier alpha value is -2.65. The molecule has 2 aromatic rings. The number of aromatic carboxylic acids is 1. The number of hydrogen-bond donors (Lipinski definition) is 1. The van der Waals surface area contributed by atoms with Gasteiger partial charge in [0.1, 0.15) is 0 Å². The lowest BCUT2D eigenvalue weighted by molar-refractivity contribution is 0.0696. The second kappa shape index (κ2) is 5.77. The summed E-state index contributed by atoms with van der Waals surface area (Å²) in [4.78, 5) is 10.8.